The third kappa shape index (κ3) is 2.16. The molecule has 14 heavy (non-hydrogen) atoms. The number of rotatable bonds is 2. The molecule has 0 amide bonds. The molecule has 3 heteroatoms. The van der Waals surface area contributed by atoms with Crippen LogP contribution < -0.4 is 5.73 Å². The highest BCUT2D eigenvalue weighted by molar-refractivity contribution is 5.05. The molecule has 0 unspecified atom stereocenters. The maximum Gasteiger partial charge on any atom is 0.105 e. The number of hydrogen-bond donors (Lipinski definition) is 2. The zero-order valence-corrected chi connectivity index (χ0v) is 8.28. The molecule has 0 aromatic carbocycles. The summed E-state index contributed by atoms with van der Waals surface area (Å²) in [6.45, 7) is 0. The minimum absolute atomic E-state index is 0.150. The third-order valence-corrected chi connectivity index (χ3v) is 3.06. The Morgan fingerprint density at radius 1 is 1.50 bits per heavy atom. The van der Waals surface area contributed by atoms with Crippen molar-refractivity contribution < 1.29 is 9.52 Å². The summed E-state index contributed by atoms with van der Waals surface area (Å²) in [7, 11) is 0. The summed E-state index contributed by atoms with van der Waals surface area (Å²) in [4.78, 5) is 0. The molecule has 1 fully saturated rings. The van der Waals surface area contributed by atoms with Gasteiger partial charge in [-0.3, -0.25) is 0 Å². The van der Waals surface area contributed by atoms with Crippen LogP contribution in [0.5, 0.6) is 0 Å². The number of nitrogens with two attached hydrogens (primary N) is 1. The van der Waals surface area contributed by atoms with Crippen molar-refractivity contribution in [3.8, 4) is 0 Å². The maximum atomic E-state index is 9.39. The van der Waals surface area contributed by atoms with Crippen molar-refractivity contribution in [1.82, 2.24) is 0 Å². The van der Waals surface area contributed by atoms with Crippen molar-refractivity contribution in [2.75, 3.05) is 0 Å². The predicted molar refractivity (Wildman–Crippen MR) is 53.8 cm³/mol. The van der Waals surface area contributed by atoms with Gasteiger partial charge in [0.1, 0.15) is 5.76 Å². The second kappa shape index (κ2) is 3.75. The number of hydrogen-bond acceptors (Lipinski definition) is 3. The van der Waals surface area contributed by atoms with E-state index in [9.17, 15) is 5.11 Å². The molecule has 0 atom stereocenters. The van der Waals surface area contributed by atoms with Gasteiger partial charge in [0.05, 0.1) is 12.4 Å². The van der Waals surface area contributed by atoms with Gasteiger partial charge in [-0.25, -0.2) is 0 Å². The van der Waals surface area contributed by atoms with Crippen molar-refractivity contribution in [3.63, 3.8) is 0 Å². The molecule has 3 N–H and O–H groups in total. The van der Waals surface area contributed by atoms with E-state index in [-0.39, 0.29) is 11.6 Å². The van der Waals surface area contributed by atoms with Gasteiger partial charge in [0.2, 0.25) is 0 Å². The molecule has 1 aromatic rings. The average molecular weight is 195 g/mol. The Balaban J connectivity index is 1.96. The number of furan rings is 1. The van der Waals surface area contributed by atoms with Gasteiger partial charge in [-0.15, -0.1) is 0 Å². The van der Waals surface area contributed by atoms with E-state index in [0.717, 1.165) is 37.9 Å². The normalized spacial score (nSPS) is 33.1. The number of aliphatic hydroxyl groups is 1. The Kier molecular flexibility index (Phi) is 2.61. The highest BCUT2D eigenvalue weighted by Crippen LogP contribution is 2.29. The molecule has 2 rings (SSSR count). The van der Waals surface area contributed by atoms with E-state index in [1.165, 1.54) is 0 Å². The molecule has 1 heterocycles. The highest BCUT2D eigenvalue weighted by atomic mass is 16.3. The van der Waals surface area contributed by atoms with E-state index >= 15 is 0 Å². The quantitative estimate of drug-likeness (QED) is 0.751. The molecule has 3 nitrogen and oxygen atoms in total. The lowest BCUT2D eigenvalue weighted by Gasteiger charge is -2.34. The molecule has 1 aliphatic carbocycles. The fraction of sp³-hybridized carbons (Fsp3) is 0.636. The molecular weight excluding hydrogens is 178 g/mol. The molecule has 0 aliphatic heterocycles. The van der Waals surface area contributed by atoms with Crippen LogP contribution in [0.25, 0.3) is 0 Å². The van der Waals surface area contributed by atoms with E-state index in [1.54, 1.807) is 6.26 Å². The minimum atomic E-state index is -0.170. The van der Waals surface area contributed by atoms with E-state index in [2.05, 4.69) is 0 Å². The molecule has 78 valence electrons. The van der Waals surface area contributed by atoms with Crippen molar-refractivity contribution in [1.29, 1.82) is 0 Å². The first-order chi connectivity index (χ1) is 6.68. The predicted octanol–water partition coefficient (Wildman–Crippen LogP) is 1.45. The van der Waals surface area contributed by atoms with Crippen molar-refractivity contribution in [3.05, 3.63) is 24.2 Å². The van der Waals surface area contributed by atoms with Crippen molar-refractivity contribution in [2.24, 2.45) is 5.73 Å². The largest absolute Gasteiger partial charge is 0.469 e. The summed E-state index contributed by atoms with van der Waals surface area (Å²) in [6, 6.07) is 3.84. The van der Waals surface area contributed by atoms with Gasteiger partial charge in [0.25, 0.3) is 0 Å². The first kappa shape index (κ1) is 9.74. The van der Waals surface area contributed by atoms with Crippen LogP contribution in [0.15, 0.2) is 22.8 Å². The van der Waals surface area contributed by atoms with Crippen LogP contribution in [0.3, 0.4) is 0 Å². The summed E-state index contributed by atoms with van der Waals surface area (Å²) in [5, 5.41) is 9.39. The van der Waals surface area contributed by atoms with Crippen LogP contribution in [-0.4, -0.2) is 16.7 Å². The van der Waals surface area contributed by atoms with Gasteiger partial charge in [-0.05, 0) is 37.8 Å². The lowest BCUT2D eigenvalue weighted by molar-refractivity contribution is 0.0955. The van der Waals surface area contributed by atoms with Crippen LogP contribution in [0.4, 0.5) is 0 Å². The van der Waals surface area contributed by atoms with E-state index < -0.39 is 0 Å². The smallest absolute Gasteiger partial charge is 0.105 e. The molecule has 0 saturated heterocycles. The van der Waals surface area contributed by atoms with Crippen LogP contribution in [0, 0.1) is 0 Å². The Bertz CT molecular complexity index is 273. The summed E-state index contributed by atoms with van der Waals surface area (Å²) in [5.41, 5.74) is 6.07. The zero-order valence-electron chi connectivity index (χ0n) is 8.28. The summed E-state index contributed by atoms with van der Waals surface area (Å²) < 4.78 is 5.29. The van der Waals surface area contributed by atoms with E-state index in [0.29, 0.717) is 0 Å². The van der Waals surface area contributed by atoms with Crippen LogP contribution in [0.1, 0.15) is 31.4 Å². The monoisotopic (exact) mass is 195 g/mol. The average Bonchev–Trinajstić information content (AvgIpc) is 2.63. The van der Waals surface area contributed by atoms with Gasteiger partial charge in [-0.2, -0.15) is 0 Å². The van der Waals surface area contributed by atoms with Crippen LogP contribution in [-0.2, 0) is 6.42 Å². The van der Waals surface area contributed by atoms with E-state index in [4.69, 9.17) is 10.2 Å². The SMILES string of the molecule is NC1(Cc2ccco2)CCC(O)CC1. The molecule has 0 spiro atoms. The van der Waals surface area contributed by atoms with Crippen LogP contribution >= 0.6 is 0 Å². The fourth-order valence-corrected chi connectivity index (χ4v) is 2.11. The van der Waals surface area contributed by atoms with Gasteiger partial charge in [0.15, 0.2) is 0 Å². The molecule has 0 radical (unpaired) electrons. The lowest BCUT2D eigenvalue weighted by Crippen LogP contribution is -2.46. The summed E-state index contributed by atoms with van der Waals surface area (Å²) in [5.74, 6) is 0.948. The lowest BCUT2D eigenvalue weighted by atomic mass is 9.78. The second-order valence-corrected chi connectivity index (χ2v) is 4.35. The molecule has 1 saturated carbocycles. The van der Waals surface area contributed by atoms with Gasteiger partial charge in [-0.1, -0.05) is 0 Å². The van der Waals surface area contributed by atoms with Gasteiger partial charge in [0, 0.05) is 12.0 Å². The second-order valence-electron chi connectivity index (χ2n) is 4.35. The number of aliphatic hydroxyl groups excluding tert-OH is 1. The summed E-state index contributed by atoms with van der Waals surface area (Å²) >= 11 is 0. The topological polar surface area (TPSA) is 59.4 Å². The van der Waals surface area contributed by atoms with Crippen LogP contribution in [0.2, 0.25) is 0 Å². The minimum Gasteiger partial charge on any atom is -0.469 e. The third-order valence-electron chi connectivity index (χ3n) is 3.06. The Morgan fingerprint density at radius 3 is 2.79 bits per heavy atom. The molecule has 1 aromatic heterocycles. The maximum absolute atomic E-state index is 9.39. The molecule has 1 aliphatic rings. The Morgan fingerprint density at radius 2 is 2.21 bits per heavy atom. The van der Waals surface area contributed by atoms with Gasteiger partial charge >= 0.3 is 0 Å². The van der Waals surface area contributed by atoms with Crippen molar-refractivity contribution in [2.45, 2.75) is 43.7 Å². The first-order valence-corrected chi connectivity index (χ1v) is 5.17. The molecular formula is C11H17NO2. The van der Waals surface area contributed by atoms with E-state index in [1.807, 2.05) is 12.1 Å². The van der Waals surface area contributed by atoms with Crippen molar-refractivity contribution >= 4 is 0 Å². The Hall–Kier alpha value is -0.800. The standard InChI is InChI=1S/C11H17NO2/c12-11(5-3-9(13)4-6-11)8-10-2-1-7-14-10/h1-2,7,9,13H,3-6,8,12H2. The Labute approximate surface area is 83.9 Å². The fourth-order valence-electron chi connectivity index (χ4n) is 2.11. The first-order valence-electron chi connectivity index (χ1n) is 5.17. The molecule has 0 bridgehead atoms. The highest BCUT2D eigenvalue weighted by Gasteiger charge is 2.31. The van der Waals surface area contributed by atoms with Gasteiger partial charge < -0.3 is 15.3 Å². The summed E-state index contributed by atoms with van der Waals surface area (Å²) in [6.07, 6.45) is 5.71. The zero-order chi connectivity index (χ0) is 10.0.